The zero-order valence-corrected chi connectivity index (χ0v) is 11.4. The van der Waals surface area contributed by atoms with Gasteiger partial charge in [0.05, 0.1) is 12.8 Å². The normalized spacial score (nSPS) is 10.7. The summed E-state index contributed by atoms with van der Waals surface area (Å²) in [5, 5.41) is 10.6. The Morgan fingerprint density at radius 3 is 2.55 bits per heavy atom. The molecule has 0 aliphatic rings. The molecular formula is C16H15N3O. The highest BCUT2D eigenvalue weighted by Gasteiger charge is 2.12. The Balaban J connectivity index is 2.36. The molecule has 20 heavy (non-hydrogen) atoms. The van der Waals surface area contributed by atoms with Crippen LogP contribution in [0.3, 0.4) is 0 Å². The Morgan fingerprint density at radius 1 is 1.00 bits per heavy atom. The van der Waals surface area contributed by atoms with Gasteiger partial charge in [-0.2, -0.15) is 5.10 Å². The van der Waals surface area contributed by atoms with E-state index in [4.69, 9.17) is 10.5 Å². The maximum Gasteiger partial charge on any atom is 0.119 e. The molecular weight excluding hydrogens is 250 g/mol. The number of fused-ring (bicyclic) bond motifs is 1. The molecule has 0 atom stereocenters. The summed E-state index contributed by atoms with van der Waals surface area (Å²) in [7, 11) is 1.65. The van der Waals surface area contributed by atoms with E-state index in [0.717, 1.165) is 33.5 Å². The molecule has 4 nitrogen and oxygen atoms in total. The number of nitrogen functional groups attached to an aromatic ring is 1. The lowest BCUT2D eigenvalue weighted by atomic mass is 10.0. The lowest BCUT2D eigenvalue weighted by Crippen LogP contribution is -1.97. The molecule has 0 aliphatic carbocycles. The second-order valence-corrected chi connectivity index (χ2v) is 4.63. The Hall–Kier alpha value is -2.62. The zero-order chi connectivity index (χ0) is 14.1. The third-order valence-corrected chi connectivity index (χ3v) is 3.39. The Bertz CT molecular complexity index is 784. The third-order valence-electron chi connectivity index (χ3n) is 3.39. The lowest BCUT2D eigenvalue weighted by Gasteiger charge is -2.10. The standard InChI is InChI=1S/C16H15N3O/c1-10-12-8-7-11(20-2)9-14(12)16(19-18-10)13-5-3-4-6-15(13)17/h3-9H,17H2,1-2H3. The van der Waals surface area contributed by atoms with Crippen LogP contribution in [-0.2, 0) is 0 Å². The number of hydrogen-bond acceptors (Lipinski definition) is 4. The van der Waals surface area contributed by atoms with Gasteiger partial charge in [-0.25, -0.2) is 0 Å². The summed E-state index contributed by atoms with van der Waals surface area (Å²) >= 11 is 0. The molecule has 0 bridgehead atoms. The number of nitrogens with zero attached hydrogens (tertiary/aromatic N) is 2. The Morgan fingerprint density at radius 2 is 1.80 bits per heavy atom. The van der Waals surface area contributed by atoms with Crippen molar-refractivity contribution in [3.05, 3.63) is 48.2 Å². The second-order valence-electron chi connectivity index (χ2n) is 4.63. The van der Waals surface area contributed by atoms with Gasteiger partial charge in [0.15, 0.2) is 0 Å². The minimum absolute atomic E-state index is 0.690. The van der Waals surface area contributed by atoms with Crippen LogP contribution in [0.4, 0.5) is 5.69 Å². The molecule has 100 valence electrons. The molecule has 2 aromatic carbocycles. The summed E-state index contributed by atoms with van der Waals surface area (Å²) < 4.78 is 5.30. The predicted molar refractivity (Wildman–Crippen MR) is 80.7 cm³/mol. The first-order chi connectivity index (χ1) is 9.70. The molecule has 0 radical (unpaired) electrons. The maximum absolute atomic E-state index is 6.05. The number of para-hydroxylation sites is 1. The molecule has 1 heterocycles. The van der Waals surface area contributed by atoms with Crippen molar-refractivity contribution < 1.29 is 4.74 Å². The first-order valence-electron chi connectivity index (χ1n) is 6.36. The number of nitrogens with two attached hydrogens (primary N) is 1. The van der Waals surface area contributed by atoms with Crippen LogP contribution in [0.2, 0.25) is 0 Å². The molecule has 3 rings (SSSR count). The van der Waals surface area contributed by atoms with Gasteiger partial charge in [0.1, 0.15) is 11.4 Å². The molecule has 2 N–H and O–H groups in total. The number of benzene rings is 2. The van der Waals surface area contributed by atoms with Gasteiger partial charge >= 0.3 is 0 Å². The molecule has 0 fully saturated rings. The van der Waals surface area contributed by atoms with Crippen molar-refractivity contribution in [1.29, 1.82) is 0 Å². The predicted octanol–water partition coefficient (Wildman–Crippen LogP) is 3.20. The van der Waals surface area contributed by atoms with E-state index in [0.29, 0.717) is 5.69 Å². The monoisotopic (exact) mass is 265 g/mol. The molecule has 1 aromatic heterocycles. The van der Waals surface area contributed by atoms with Gasteiger partial charge in [-0.15, -0.1) is 5.10 Å². The van der Waals surface area contributed by atoms with Gasteiger partial charge < -0.3 is 10.5 Å². The highest BCUT2D eigenvalue weighted by Crippen LogP contribution is 2.32. The molecule has 3 aromatic rings. The molecule has 0 saturated carbocycles. The smallest absolute Gasteiger partial charge is 0.119 e. The van der Waals surface area contributed by atoms with E-state index in [-0.39, 0.29) is 0 Å². The summed E-state index contributed by atoms with van der Waals surface area (Å²) in [5.74, 6) is 0.792. The van der Waals surface area contributed by atoms with Gasteiger partial charge in [0.25, 0.3) is 0 Å². The van der Waals surface area contributed by atoms with E-state index < -0.39 is 0 Å². The summed E-state index contributed by atoms with van der Waals surface area (Å²) in [6, 6.07) is 13.6. The van der Waals surface area contributed by atoms with Gasteiger partial charge in [-0.3, -0.25) is 0 Å². The minimum atomic E-state index is 0.690. The van der Waals surface area contributed by atoms with Crippen molar-refractivity contribution in [1.82, 2.24) is 10.2 Å². The fourth-order valence-electron chi connectivity index (χ4n) is 2.31. The number of rotatable bonds is 2. The summed E-state index contributed by atoms with van der Waals surface area (Å²) in [5.41, 5.74) is 9.30. The minimum Gasteiger partial charge on any atom is -0.497 e. The fraction of sp³-hybridized carbons (Fsp3) is 0.125. The first-order valence-corrected chi connectivity index (χ1v) is 6.36. The van der Waals surface area contributed by atoms with Crippen molar-refractivity contribution in [2.24, 2.45) is 0 Å². The Labute approximate surface area is 117 Å². The topological polar surface area (TPSA) is 61.0 Å². The summed E-state index contributed by atoms with van der Waals surface area (Å²) in [6.07, 6.45) is 0. The van der Waals surface area contributed by atoms with Crippen molar-refractivity contribution in [3.63, 3.8) is 0 Å². The van der Waals surface area contributed by atoms with Gasteiger partial charge in [0.2, 0.25) is 0 Å². The van der Waals surface area contributed by atoms with Crippen LogP contribution in [0.1, 0.15) is 5.69 Å². The van der Waals surface area contributed by atoms with Gasteiger partial charge in [0, 0.05) is 22.0 Å². The van der Waals surface area contributed by atoms with E-state index in [2.05, 4.69) is 10.2 Å². The van der Waals surface area contributed by atoms with Gasteiger partial charge in [-0.1, -0.05) is 18.2 Å². The van der Waals surface area contributed by atoms with Gasteiger partial charge in [-0.05, 0) is 31.2 Å². The second kappa shape index (κ2) is 4.81. The highest BCUT2D eigenvalue weighted by molar-refractivity contribution is 5.98. The molecule has 4 heteroatoms. The van der Waals surface area contributed by atoms with E-state index in [9.17, 15) is 0 Å². The van der Waals surface area contributed by atoms with Crippen molar-refractivity contribution in [2.75, 3.05) is 12.8 Å². The summed E-state index contributed by atoms with van der Waals surface area (Å²) in [4.78, 5) is 0. The molecule has 0 aliphatic heterocycles. The van der Waals surface area contributed by atoms with E-state index in [1.54, 1.807) is 7.11 Å². The average Bonchev–Trinajstić information content (AvgIpc) is 2.48. The number of aromatic nitrogens is 2. The number of aryl methyl sites for hydroxylation is 1. The fourth-order valence-corrected chi connectivity index (χ4v) is 2.31. The van der Waals surface area contributed by atoms with Crippen LogP contribution in [0.5, 0.6) is 5.75 Å². The van der Waals surface area contributed by atoms with Crippen LogP contribution < -0.4 is 10.5 Å². The quantitative estimate of drug-likeness (QED) is 0.723. The van der Waals surface area contributed by atoms with Crippen molar-refractivity contribution in [2.45, 2.75) is 6.92 Å². The molecule has 0 unspecified atom stereocenters. The number of ether oxygens (including phenoxy) is 1. The van der Waals surface area contributed by atoms with Crippen LogP contribution in [0.25, 0.3) is 22.0 Å². The average molecular weight is 265 g/mol. The van der Waals surface area contributed by atoms with E-state index in [1.165, 1.54) is 0 Å². The number of hydrogen-bond donors (Lipinski definition) is 1. The van der Waals surface area contributed by atoms with E-state index in [1.807, 2.05) is 49.4 Å². The highest BCUT2D eigenvalue weighted by atomic mass is 16.5. The maximum atomic E-state index is 6.05. The molecule has 0 saturated heterocycles. The van der Waals surface area contributed by atoms with E-state index >= 15 is 0 Å². The third kappa shape index (κ3) is 1.95. The number of anilines is 1. The van der Waals surface area contributed by atoms with Crippen LogP contribution in [-0.4, -0.2) is 17.3 Å². The SMILES string of the molecule is COc1ccc2c(C)nnc(-c3ccccc3N)c2c1. The molecule has 0 spiro atoms. The van der Waals surface area contributed by atoms with Crippen molar-refractivity contribution >= 4 is 16.5 Å². The van der Waals surface area contributed by atoms with Crippen LogP contribution >= 0.6 is 0 Å². The molecule has 0 amide bonds. The first kappa shape index (κ1) is 12.4. The van der Waals surface area contributed by atoms with Crippen LogP contribution in [0.15, 0.2) is 42.5 Å². The van der Waals surface area contributed by atoms with Crippen LogP contribution in [0, 0.1) is 6.92 Å². The Kier molecular flexibility index (Phi) is 2.99. The lowest BCUT2D eigenvalue weighted by molar-refractivity contribution is 0.415. The van der Waals surface area contributed by atoms with Crippen molar-refractivity contribution in [3.8, 4) is 17.0 Å². The number of methoxy groups -OCH3 is 1. The zero-order valence-electron chi connectivity index (χ0n) is 11.4. The largest absolute Gasteiger partial charge is 0.497 e. The summed E-state index contributed by atoms with van der Waals surface area (Å²) in [6.45, 7) is 1.94.